The number of carbonyl (C=O) groups is 2. The Morgan fingerprint density at radius 1 is 1.19 bits per heavy atom. The highest BCUT2D eigenvalue weighted by atomic mass is 16.6. The number of hydrogen-bond acceptors (Lipinski definition) is 7. The minimum atomic E-state index is -0.339. The van der Waals surface area contributed by atoms with Gasteiger partial charge in [-0.2, -0.15) is 0 Å². The third-order valence-corrected chi connectivity index (χ3v) is 5.92. The van der Waals surface area contributed by atoms with Gasteiger partial charge in [-0.15, -0.1) is 0 Å². The van der Waals surface area contributed by atoms with Crippen LogP contribution in [0.1, 0.15) is 49.4 Å². The molecule has 1 aliphatic carbocycles. The summed E-state index contributed by atoms with van der Waals surface area (Å²) in [5.74, 6) is 0.347. The fraction of sp³-hybridized carbons (Fsp3) is 0.545. The van der Waals surface area contributed by atoms with E-state index in [9.17, 15) is 14.7 Å². The average molecular weight is 428 g/mol. The Morgan fingerprint density at radius 2 is 2.00 bits per heavy atom. The van der Waals surface area contributed by atoms with Crippen LogP contribution in [0.5, 0.6) is 0 Å². The molecule has 1 saturated heterocycles. The molecule has 1 atom stereocenters. The maximum Gasteiger partial charge on any atom is 0.409 e. The molecular formula is C22H29N5O4. The zero-order chi connectivity index (χ0) is 21.8. The molecule has 2 aromatic rings. The number of fused-ring (bicyclic) bond motifs is 1. The first-order valence-corrected chi connectivity index (χ1v) is 11.0. The van der Waals surface area contributed by atoms with E-state index in [0.29, 0.717) is 43.1 Å². The second-order valence-corrected chi connectivity index (χ2v) is 8.22. The lowest BCUT2D eigenvalue weighted by atomic mass is 9.93. The Kier molecular flexibility index (Phi) is 6.50. The maximum atomic E-state index is 12.8. The Balaban J connectivity index is 1.39. The molecule has 31 heavy (non-hydrogen) atoms. The number of aliphatic hydroxyl groups is 1. The van der Waals surface area contributed by atoms with Gasteiger partial charge < -0.3 is 25.4 Å². The van der Waals surface area contributed by atoms with Gasteiger partial charge in [0.05, 0.1) is 18.2 Å². The maximum absolute atomic E-state index is 12.8. The van der Waals surface area contributed by atoms with Crippen LogP contribution in [0.15, 0.2) is 24.4 Å². The van der Waals surface area contributed by atoms with E-state index in [1.54, 1.807) is 30.2 Å². The van der Waals surface area contributed by atoms with Crippen molar-refractivity contribution in [3.05, 3.63) is 30.0 Å². The van der Waals surface area contributed by atoms with Crippen LogP contribution in [0.25, 0.3) is 10.9 Å². The van der Waals surface area contributed by atoms with E-state index in [0.717, 1.165) is 31.1 Å². The van der Waals surface area contributed by atoms with Crippen molar-refractivity contribution < 1.29 is 19.4 Å². The van der Waals surface area contributed by atoms with E-state index in [1.165, 1.54) is 0 Å². The Morgan fingerprint density at radius 3 is 2.77 bits per heavy atom. The lowest BCUT2D eigenvalue weighted by molar-refractivity contribution is 0.0930. The van der Waals surface area contributed by atoms with Crippen LogP contribution < -0.4 is 10.6 Å². The molecule has 2 fully saturated rings. The zero-order valence-corrected chi connectivity index (χ0v) is 17.7. The van der Waals surface area contributed by atoms with Crippen LogP contribution in [0.2, 0.25) is 0 Å². The molecule has 2 aliphatic rings. The smallest absolute Gasteiger partial charge is 0.409 e. The molecule has 166 valence electrons. The normalized spacial score (nSPS) is 23.5. The summed E-state index contributed by atoms with van der Waals surface area (Å²) < 4.78 is 5.02. The molecule has 2 amide bonds. The van der Waals surface area contributed by atoms with Crippen LogP contribution in [0.4, 0.5) is 10.7 Å². The highest BCUT2D eigenvalue weighted by molar-refractivity contribution is 5.98. The third kappa shape index (κ3) is 5.22. The Bertz CT molecular complexity index is 945. The molecule has 1 saturated carbocycles. The minimum Gasteiger partial charge on any atom is -0.450 e. The SMILES string of the molecule is CCOC(=O)N1CCC(NC(=O)c2ccc3cnc(NC4CCC(O)CC4)nc3c2)C1. The summed E-state index contributed by atoms with van der Waals surface area (Å²) in [6.45, 7) is 3.13. The van der Waals surface area contributed by atoms with Crippen LogP contribution in [0, 0.1) is 0 Å². The van der Waals surface area contributed by atoms with E-state index in [4.69, 9.17) is 4.74 Å². The molecule has 9 nitrogen and oxygen atoms in total. The van der Waals surface area contributed by atoms with E-state index in [-0.39, 0.29) is 30.2 Å². The summed E-state index contributed by atoms with van der Waals surface area (Å²) in [7, 11) is 0. The van der Waals surface area contributed by atoms with Gasteiger partial charge >= 0.3 is 6.09 Å². The van der Waals surface area contributed by atoms with Gasteiger partial charge in [-0.3, -0.25) is 4.79 Å². The second kappa shape index (κ2) is 9.47. The monoisotopic (exact) mass is 427 g/mol. The first-order valence-electron chi connectivity index (χ1n) is 11.0. The average Bonchev–Trinajstić information content (AvgIpc) is 3.23. The van der Waals surface area contributed by atoms with Crippen molar-refractivity contribution in [2.45, 2.75) is 57.2 Å². The van der Waals surface area contributed by atoms with Gasteiger partial charge in [-0.05, 0) is 51.2 Å². The number of nitrogens with one attached hydrogen (secondary N) is 2. The Hall–Kier alpha value is -2.94. The molecular weight excluding hydrogens is 398 g/mol. The number of carbonyl (C=O) groups excluding carboxylic acids is 2. The fourth-order valence-electron chi connectivity index (χ4n) is 4.16. The van der Waals surface area contributed by atoms with Gasteiger partial charge in [0.25, 0.3) is 5.91 Å². The predicted octanol–water partition coefficient (Wildman–Crippen LogP) is 2.31. The molecule has 2 heterocycles. The summed E-state index contributed by atoms with van der Waals surface area (Å²) in [6, 6.07) is 5.51. The number of aromatic nitrogens is 2. The largest absolute Gasteiger partial charge is 0.450 e. The number of anilines is 1. The molecule has 4 rings (SSSR count). The molecule has 1 unspecified atom stereocenters. The number of aliphatic hydroxyl groups excluding tert-OH is 1. The van der Waals surface area contributed by atoms with Crippen molar-refractivity contribution in [3.63, 3.8) is 0 Å². The fourth-order valence-corrected chi connectivity index (χ4v) is 4.16. The van der Waals surface area contributed by atoms with Crippen molar-refractivity contribution in [2.24, 2.45) is 0 Å². The van der Waals surface area contributed by atoms with Gasteiger partial charge in [-0.1, -0.05) is 6.07 Å². The second-order valence-electron chi connectivity index (χ2n) is 8.22. The summed E-state index contributed by atoms with van der Waals surface area (Å²) in [6.07, 6.45) is 5.23. The number of rotatable bonds is 5. The van der Waals surface area contributed by atoms with Crippen LogP contribution in [0.3, 0.4) is 0 Å². The van der Waals surface area contributed by atoms with Crippen LogP contribution in [-0.2, 0) is 4.74 Å². The number of amides is 2. The molecule has 1 aromatic heterocycles. The standard InChI is InChI=1S/C22H29N5O4/c1-2-31-22(30)27-10-9-17(13-27)24-20(29)14-3-4-15-12-23-21(26-19(15)11-14)25-16-5-7-18(28)8-6-16/h3-4,11-12,16-18,28H,2,5-10,13H2,1H3,(H,24,29)(H,23,25,26). The minimum absolute atomic E-state index is 0.100. The predicted molar refractivity (Wildman–Crippen MR) is 116 cm³/mol. The summed E-state index contributed by atoms with van der Waals surface area (Å²) in [5, 5.41) is 16.9. The molecule has 1 aromatic carbocycles. The third-order valence-electron chi connectivity index (χ3n) is 5.92. The van der Waals surface area contributed by atoms with Crippen molar-refractivity contribution in [1.29, 1.82) is 0 Å². The lowest BCUT2D eigenvalue weighted by Crippen LogP contribution is -2.38. The number of nitrogens with zero attached hydrogens (tertiary/aromatic N) is 3. The van der Waals surface area contributed by atoms with Gasteiger partial charge in [-0.25, -0.2) is 14.8 Å². The summed E-state index contributed by atoms with van der Waals surface area (Å²) in [4.78, 5) is 35.2. The van der Waals surface area contributed by atoms with Crippen LogP contribution >= 0.6 is 0 Å². The topological polar surface area (TPSA) is 117 Å². The van der Waals surface area contributed by atoms with Crippen molar-refractivity contribution in [2.75, 3.05) is 25.0 Å². The van der Waals surface area contributed by atoms with Gasteiger partial charge in [0.2, 0.25) is 5.95 Å². The number of benzene rings is 1. The molecule has 0 bridgehead atoms. The van der Waals surface area contributed by atoms with Gasteiger partial charge in [0.15, 0.2) is 0 Å². The van der Waals surface area contributed by atoms with Gasteiger partial charge in [0, 0.05) is 42.3 Å². The number of hydrogen-bond donors (Lipinski definition) is 3. The number of likely N-dealkylation sites (tertiary alicyclic amines) is 1. The van der Waals surface area contributed by atoms with E-state index >= 15 is 0 Å². The zero-order valence-electron chi connectivity index (χ0n) is 17.7. The van der Waals surface area contributed by atoms with Crippen LogP contribution in [-0.4, -0.2) is 69.9 Å². The quantitative estimate of drug-likeness (QED) is 0.670. The van der Waals surface area contributed by atoms with Crippen molar-refractivity contribution >= 4 is 28.9 Å². The highest BCUT2D eigenvalue weighted by Crippen LogP contribution is 2.22. The molecule has 1 aliphatic heterocycles. The first kappa shape index (κ1) is 21.3. The van der Waals surface area contributed by atoms with E-state index in [2.05, 4.69) is 20.6 Å². The molecule has 0 spiro atoms. The van der Waals surface area contributed by atoms with Crippen molar-refractivity contribution in [3.8, 4) is 0 Å². The van der Waals surface area contributed by atoms with E-state index < -0.39 is 0 Å². The number of ether oxygens (including phenoxy) is 1. The van der Waals surface area contributed by atoms with Crippen molar-refractivity contribution in [1.82, 2.24) is 20.2 Å². The molecule has 3 N–H and O–H groups in total. The first-order chi connectivity index (χ1) is 15.0. The van der Waals surface area contributed by atoms with Gasteiger partial charge in [0.1, 0.15) is 0 Å². The Labute approximate surface area is 181 Å². The van der Waals surface area contributed by atoms with E-state index in [1.807, 2.05) is 6.07 Å². The lowest BCUT2D eigenvalue weighted by Gasteiger charge is -2.26. The molecule has 9 heteroatoms. The molecule has 0 radical (unpaired) electrons. The summed E-state index contributed by atoms with van der Waals surface area (Å²) >= 11 is 0. The highest BCUT2D eigenvalue weighted by Gasteiger charge is 2.28. The summed E-state index contributed by atoms with van der Waals surface area (Å²) in [5.41, 5.74) is 1.22.